The monoisotopic (exact) mass is 147 g/mol. The molecule has 60 valence electrons. The zero-order valence-corrected chi connectivity index (χ0v) is 5.71. The summed E-state index contributed by atoms with van der Waals surface area (Å²) in [5.41, 5.74) is 7.35. The van der Waals surface area contributed by atoms with Gasteiger partial charge in [0, 0.05) is 0 Å². The van der Waals surface area contributed by atoms with Gasteiger partial charge in [-0.05, 0) is 19.4 Å². The van der Waals surface area contributed by atoms with Crippen molar-refractivity contribution in [1.29, 1.82) is 0 Å². The van der Waals surface area contributed by atoms with Gasteiger partial charge >= 0.3 is 5.97 Å². The van der Waals surface area contributed by atoms with Gasteiger partial charge in [0.2, 0.25) is 0 Å². The average Bonchev–Trinajstić information content (AvgIpc) is 1.89. The highest BCUT2D eigenvalue weighted by atomic mass is 16.4. The first-order chi connectivity index (χ1) is 4.72. The highest BCUT2D eigenvalue weighted by Gasteiger charge is 2.13. The predicted octanol–water partition coefficient (Wildman–Crippen LogP) is -1.36. The van der Waals surface area contributed by atoms with Crippen LogP contribution in [0.25, 0.3) is 0 Å². The minimum absolute atomic E-state index is 0.475. The highest BCUT2D eigenvalue weighted by Crippen LogP contribution is 1.93. The Morgan fingerprint density at radius 1 is 1.70 bits per heavy atom. The molecule has 10 heavy (non-hydrogen) atoms. The molecule has 0 aliphatic carbocycles. The number of carbonyl (C=O) groups is 1. The quantitative estimate of drug-likeness (QED) is 0.284. The fraction of sp³-hybridized carbons (Fsp3) is 0.800. The fourth-order valence-electron chi connectivity index (χ4n) is 0.600. The highest BCUT2D eigenvalue weighted by molar-refractivity contribution is 5.73. The molecule has 0 aromatic heterocycles. The normalized spacial score (nSPS) is 13.0. The lowest BCUT2D eigenvalue weighted by molar-refractivity contribution is -0.139. The number of hydrazine groups is 1. The van der Waals surface area contributed by atoms with Crippen LogP contribution >= 0.6 is 0 Å². The minimum atomic E-state index is -0.934. The van der Waals surface area contributed by atoms with Crippen LogP contribution in [0.3, 0.4) is 0 Å². The molecule has 0 aromatic carbocycles. The van der Waals surface area contributed by atoms with E-state index in [0.29, 0.717) is 19.4 Å². The molecule has 0 bridgehead atoms. The number of rotatable bonds is 5. The van der Waals surface area contributed by atoms with E-state index in [1.165, 1.54) is 0 Å². The summed E-state index contributed by atoms with van der Waals surface area (Å²) in [6.07, 6.45) is 1.14. The van der Waals surface area contributed by atoms with E-state index in [2.05, 4.69) is 5.43 Å². The molecule has 0 amide bonds. The van der Waals surface area contributed by atoms with Gasteiger partial charge in [-0.25, -0.2) is 5.43 Å². The Kier molecular flexibility index (Phi) is 4.82. The smallest absolute Gasteiger partial charge is 0.322 e. The predicted molar refractivity (Wildman–Crippen MR) is 37.0 cm³/mol. The minimum Gasteiger partial charge on any atom is -0.480 e. The zero-order valence-electron chi connectivity index (χ0n) is 5.71. The van der Waals surface area contributed by atoms with E-state index < -0.39 is 12.0 Å². The second-order valence-corrected chi connectivity index (χ2v) is 1.99. The Morgan fingerprint density at radius 2 is 2.30 bits per heavy atom. The number of hydrogen-bond donors (Lipinski definition) is 4. The lowest BCUT2D eigenvalue weighted by Gasteiger charge is -2.08. The second kappa shape index (κ2) is 5.16. The maximum atomic E-state index is 10.3. The molecular weight excluding hydrogens is 134 g/mol. The van der Waals surface area contributed by atoms with Crippen molar-refractivity contribution in [2.45, 2.75) is 18.9 Å². The molecule has 0 fully saturated rings. The zero-order chi connectivity index (χ0) is 7.98. The Morgan fingerprint density at radius 3 is 2.60 bits per heavy atom. The largest absolute Gasteiger partial charge is 0.480 e. The van der Waals surface area contributed by atoms with E-state index in [9.17, 15) is 4.79 Å². The van der Waals surface area contributed by atoms with Gasteiger partial charge in [-0.15, -0.1) is 0 Å². The number of aliphatic carboxylic acids is 1. The second-order valence-electron chi connectivity index (χ2n) is 1.99. The molecule has 0 rings (SSSR count). The first kappa shape index (κ1) is 9.35. The Hall–Kier alpha value is -0.650. The molecule has 0 aliphatic rings. The fourth-order valence-corrected chi connectivity index (χ4v) is 0.600. The van der Waals surface area contributed by atoms with E-state index in [4.69, 9.17) is 16.7 Å². The first-order valence-electron chi connectivity index (χ1n) is 3.11. The summed E-state index contributed by atoms with van der Waals surface area (Å²) in [6.45, 7) is 0.492. The summed E-state index contributed by atoms with van der Waals surface area (Å²) in [5, 5.41) is 8.42. The third-order valence-corrected chi connectivity index (χ3v) is 1.20. The van der Waals surface area contributed by atoms with Crippen LogP contribution in [-0.4, -0.2) is 23.7 Å². The molecule has 1 atom stereocenters. The molecule has 0 radical (unpaired) electrons. The van der Waals surface area contributed by atoms with Crippen molar-refractivity contribution in [1.82, 2.24) is 5.43 Å². The van der Waals surface area contributed by atoms with Gasteiger partial charge in [0.15, 0.2) is 0 Å². The van der Waals surface area contributed by atoms with Crippen LogP contribution in [0.15, 0.2) is 0 Å². The topological polar surface area (TPSA) is 101 Å². The maximum Gasteiger partial charge on any atom is 0.322 e. The van der Waals surface area contributed by atoms with Crippen LogP contribution in [0.5, 0.6) is 0 Å². The van der Waals surface area contributed by atoms with Gasteiger partial charge in [0.1, 0.15) is 6.04 Å². The summed E-state index contributed by atoms with van der Waals surface area (Å²) in [4.78, 5) is 10.3. The number of carboxylic acids is 1. The summed E-state index contributed by atoms with van der Waals surface area (Å²) in [7, 11) is 0. The van der Waals surface area contributed by atoms with Gasteiger partial charge in [-0.2, -0.15) is 0 Å². The molecule has 6 N–H and O–H groups in total. The standard InChI is InChI=1S/C5H13N3O2/c6-3-1-2-4(8-7)5(9)10/h4,8H,1-3,6-7H2,(H,9,10). The van der Waals surface area contributed by atoms with Crippen molar-refractivity contribution in [2.75, 3.05) is 6.54 Å². The van der Waals surface area contributed by atoms with Crippen LogP contribution in [0.2, 0.25) is 0 Å². The first-order valence-corrected chi connectivity index (χ1v) is 3.11. The molecule has 5 heteroatoms. The molecule has 0 spiro atoms. The van der Waals surface area contributed by atoms with Crippen molar-refractivity contribution < 1.29 is 9.90 Å². The van der Waals surface area contributed by atoms with Crippen molar-refractivity contribution in [2.24, 2.45) is 11.6 Å². The van der Waals surface area contributed by atoms with Crippen molar-refractivity contribution in [3.63, 3.8) is 0 Å². The van der Waals surface area contributed by atoms with Crippen LogP contribution in [0, 0.1) is 0 Å². The van der Waals surface area contributed by atoms with Crippen molar-refractivity contribution in [3.05, 3.63) is 0 Å². The summed E-state index contributed by atoms with van der Waals surface area (Å²) in [5.74, 6) is 4.01. The number of nitrogens with two attached hydrogens (primary N) is 2. The van der Waals surface area contributed by atoms with Crippen molar-refractivity contribution in [3.8, 4) is 0 Å². The van der Waals surface area contributed by atoms with E-state index in [1.807, 2.05) is 0 Å². The molecule has 0 heterocycles. The third-order valence-electron chi connectivity index (χ3n) is 1.20. The molecule has 0 aliphatic heterocycles. The van der Waals surface area contributed by atoms with Crippen molar-refractivity contribution >= 4 is 5.97 Å². The Balaban J connectivity index is 3.50. The Bertz CT molecular complexity index is 107. The van der Waals surface area contributed by atoms with E-state index in [1.54, 1.807) is 0 Å². The van der Waals surface area contributed by atoms with Gasteiger partial charge in [-0.3, -0.25) is 10.6 Å². The summed E-state index contributed by atoms with van der Waals surface area (Å²) in [6, 6.07) is -0.663. The van der Waals surface area contributed by atoms with E-state index in [0.717, 1.165) is 0 Å². The molecular formula is C5H13N3O2. The number of hydrogen-bond acceptors (Lipinski definition) is 4. The lowest BCUT2D eigenvalue weighted by atomic mass is 10.2. The number of carboxylic acid groups (broad SMARTS) is 1. The maximum absolute atomic E-state index is 10.3. The van der Waals surface area contributed by atoms with E-state index >= 15 is 0 Å². The molecule has 1 unspecified atom stereocenters. The molecule has 0 saturated heterocycles. The van der Waals surface area contributed by atoms with Gasteiger partial charge in [0.25, 0.3) is 0 Å². The average molecular weight is 147 g/mol. The molecule has 0 aromatic rings. The van der Waals surface area contributed by atoms with Gasteiger partial charge in [-0.1, -0.05) is 0 Å². The SMILES string of the molecule is NCCCC(NN)C(=O)O. The van der Waals surface area contributed by atoms with Crippen LogP contribution < -0.4 is 17.0 Å². The summed E-state index contributed by atoms with van der Waals surface area (Å²) < 4.78 is 0. The van der Waals surface area contributed by atoms with Gasteiger partial charge < -0.3 is 10.8 Å². The van der Waals surface area contributed by atoms with Crippen LogP contribution in [0.4, 0.5) is 0 Å². The summed E-state index contributed by atoms with van der Waals surface area (Å²) >= 11 is 0. The lowest BCUT2D eigenvalue weighted by Crippen LogP contribution is -2.41. The molecule has 5 nitrogen and oxygen atoms in total. The Labute approximate surface area is 59.4 Å². The van der Waals surface area contributed by atoms with Crippen LogP contribution in [-0.2, 0) is 4.79 Å². The van der Waals surface area contributed by atoms with Crippen LogP contribution in [0.1, 0.15) is 12.8 Å². The molecule has 0 saturated carbocycles. The number of nitrogens with one attached hydrogen (secondary N) is 1. The third kappa shape index (κ3) is 3.39. The van der Waals surface area contributed by atoms with E-state index in [-0.39, 0.29) is 0 Å². The van der Waals surface area contributed by atoms with Gasteiger partial charge in [0.05, 0.1) is 0 Å².